The van der Waals surface area contributed by atoms with Gasteiger partial charge < -0.3 is 10.0 Å². The van der Waals surface area contributed by atoms with Crippen molar-refractivity contribution < 1.29 is 14.7 Å². The van der Waals surface area contributed by atoms with Gasteiger partial charge in [-0.3, -0.25) is 9.59 Å². The number of aromatic nitrogens is 3. The van der Waals surface area contributed by atoms with E-state index in [1.165, 1.54) is 0 Å². The molecule has 2 aromatic heterocycles. The van der Waals surface area contributed by atoms with Gasteiger partial charge in [0, 0.05) is 31.8 Å². The van der Waals surface area contributed by atoms with Crippen LogP contribution in [0.2, 0.25) is 0 Å². The van der Waals surface area contributed by atoms with E-state index in [1.807, 2.05) is 19.9 Å². The van der Waals surface area contributed by atoms with Crippen molar-refractivity contribution in [3.05, 3.63) is 29.2 Å². The lowest BCUT2D eigenvalue weighted by atomic mass is 9.93. The Morgan fingerprint density at radius 3 is 2.65 bits per heavy atom. The summed E-state index contributed by atoms with van der Waals surface area (Å²) >= 11 is 0. The second-order valence-corrected chi connectivity index (χ2v) is 6.15. The average Bonchev–Trinajstić information content (AvgIpc) is 2.89. The summed E-state index contributed by atoms with van der Waals surface area (Å²) in [4.78, 5) is 29.6. The maximum absolute atomic E-state index is 12.7. The molecule has 1 fully saturated rings. The Morgan fingerprint density at radius 1 is 1.30 bits per heavy atom. The van der Waals surface area contributed by atoms with Crippen molar-refractivity contribution in [3.63, 3.8) is 0 Å². The summed E-state index contributed by atoms with van der Waals surface area (Å²) in [5, 5.41) is 13.2. The molecule has 1 amide bonds. The number of likely N-dealkylation sites (tertiary alicyclic amines) is 1. The molecule has 0 unspecified atom stereocenters. The van der Waals surface area contributed by atoms with Crippen molar-refractivity contribution in [2.45, 2.75) is 33.1 Å². The second-order valence-electron chi connectivity index (χ2n) is 6.15. The summed E-state index contributed by atoms with van der Waals surface area (Å²) in [6, 6.07) is 1.87. The van der Waals surface area contributed by atoms with Crippen molar-refractivity contribution in [2.75, 3.05) is 13.1 Å². The topological polar surface area (TPSA) is 87.8 Å². The summed E-state index contributed by atoms with van der Waals surface area (Å²) < 4.78 is 1.69. The zero-order valence-corrected chi connectivity index (χ0v) is 13.3. The second kappa shape index (κ2) is 5.98. The molecule has 1 N–H and O–H groups in total. The standard InChI is InChI=1S/C16H20N4O3/c1-10-7-14-17-9-13(11(2)20(14)18-10)16(23)19-5-3-12(4-6-19)8-15(21)22/h7,9,12H,3-6,8H2,1-2H3,(H,21,22). The zero-order chi connectivity index (χ0) is 16.6. The average molecular weight is 316 g/mol. The number of amides is 1. The number of piperidine rings is 1. The van der Waals surface area contributed by atoms with Gasteiger partial charge in [-0.05, 0) is 32.6 Å². The first-order chi connectivity index (χ1) is 11.0. The molecule has 3 rings (SSSR count). The van der Waals surface area contributed by atoms with Crippen LogP contribution >= 0.6 is 0 Å². The van der Waals surface area contributed by atoms with Crippen LogP contribution < -0.4 is 0 Å². The summed E-state index contributed by atoms with van der Waals surface area (Å²) in [5.74, 6) is -0.667. The van der Waals surface area contributed by atoms with Crippen molar-refractivity contribution in [3.8, 4) is 0 Å². The molecular formula is C16H20N4O3. The highest BCUT2D eigenvalue weighted by atomic mass is 16.4. The van der Waals surface area contributed by atoms with Crippen LogP contribution in [0.25, 0.3) is 5.65 Å². The van der Waals surface area contributed by atoms with E-state index in [-0.39, 0.29) is 18.2 Å². The number of aryl methyl sites for hydroxylation is 2. The molecule has 23 heavy (non-hydrogen) atoms. The third-order valence-electron chi connectivity index (χ3n) is 4.44. The van der Waals surface area contributed by atoms with Crippen LogP contribution in [0.1, 0.15) is 41.0 Å². The number of carboxylic acids is 1. The van der Waals surface area contributed by atoms with Crippen molar-refractivity contribution in [1.29, 1.82) is 0 Å². The Hall–Kier alpha value is -2.44. The molecule has 0 atom stereocenters. The fourth-order valence-corrected chi connectivity index (χ4v) is 3.13. The first kappa shape index (κ1) is 15.5. The number of rotatable bonds is 3. The highest BCUT2D eigenvalue weighted by Gasteiger charge is 2.26. The lowest BCUT2D eigenvalue weighted by molar-refractivity contribution is -0.138. The van der Waals surface area contributed by atoms with Crippen LogP contribution in [0, 0.1) is 19.8 Å². The molecule has 0 aliphatic carbocycles. The molecule has 2 aromatic rings. The van der Waals surface area contributed by atoms with Crippen LogP contribution in [-0.4, -0.2) is 49.6 Å². The minimum atomic E-state index is -0.769. The fraction of sp³-hybridized carbons (Fsp3) is 0.500. The first-order valence-corrected chi connectivity index (χ1v) is 7.78. The van der Waals surface area contributed by atoms with E-state index in [9.17, 15) is 9.59 Å². The van der Waals surface area contributed by atoms with E-state index in [1.54, 1.807) is 15.6 Å². The third kappa shape index (κ3) is 3.04. The number of carbonyl (C=O) groups is 2. The number of hydrogen-bond donors (Lipinski definition) is 1. The SMILES string of the molecule is Cc1cc2ncc(C(=O)N3CCC(CC(=O)O)CC3)c(C)n2n1. The van der Waals surface area contributed by atoms with Gasteiger partial charge in [-0.15, -0.1) is 0 Å². The van der Waals surface area contributed by atoms with Crippen LogP contribution in [0.5, 0.6) is 0 Å². The number of nitrogens with zero attached hydrogens (tertiary/aromatic N) is 4. The predicted octanol–water partition coefficient (Wildman–Crippen LogP) is 1.67. The molecule has 0 aromatic carbocycles. The van der Waals surface area contributed by atoms with Crippen LogP contribution in [-0.2, 0) is 4.79 Å². The minimum absolute atomic E-state index is 0.0566. The smallest absolute Gasteiger partial charge is 0.303 e. The van der Waals surface area contributed by atoms with Crippen LogP contribution in [0.4, 0.5) is 0 Å². The van der Waals surface area contributed by atoms with E-state index in [4.69, 9.17) is 5.11 Å². The Bertz CT molecular complexity index is 760. The molecule has 1 aliphatic heterocycles. The number of carboxylic acid groups (broad SMARTS) is 1. The summed E-state index contributed by atoms with van der Waals surface area (Å²) in [6.45, 7) is 4.94. The van der Waals surface area contributed by atoms with Gasteiger partial charge in [0.05, 0.1) is 17.0 Å². The molecule has 1 aliphatic rings. The number of hydrogen-bond acceptors (Lipinski definition) is 4. The third-order valence-corrected chi connectivity index (χ3v) is 4.44. The minimum Gasteiger partial charge on any atom is -0.481 e. The van der Waals surface area contributed by atoms with Gasteiger partial charge in [-0.25, -0.2) is 9.50 Å². The quantitative estimate of drug-likeness (QED) is 0.930. The van der Waals surface area contributed by atoms with Crippen molar-refractivity contribution in [1.82, 2.24) is 19.5 Å². The Labute approximate surface area is 133 Å². The Morgan fingerprint density at radius 2 is 2.00 bits per heavy atom. The highest BCUT2D eigenvalue weighted by molar-refractivity contribution is 5.95. The maximum Gasteiger partial charge on any atom is 0.303 e. The molecule has 0 radical (unpaired) electrons. The van der Waals surface area contributed by atoms with Crippen LogP contribution in [0.15, 0.2) is 12.3 Å². The lowest BCUT2D eigenvalue weighted by Crippen LogP contribution is -2.39. The molecular weight excluding hydrogens is 296 g/mol. The molecule has 7 nitrogen and oxygen atoms in total. The highest BCUT2D eigenvalue weighted by Crippen LogP contribution is 2.22. The molecule has 7 heteroatoms. The van der Waals surface area contributed by atoms with Gasteiger partial charge in [-0.2, -0.15) is 5.10 Å². The van der Waals surface area contributed by atoms with E-state index in [2.05, 4.69) is 10.1 Å². The molecule has 0 spiro atoms. The maximum atomic E-state index is 12.7. The van der Waals surface area contributed by atoms with E-state index >= 15 is 0 Å². The van der Waals surface area contributed by atoms with Gasteiger partial charge in [0.25, 0.3) is 5.91 Å². The summed E-state index contributed by atoms with van der Waals surface area (Å²) in [5.41, 5.74) is 2.93. The molecule has 1 saturated heterocycles. The van der Waals surface area contributed by atoms with E-state index in [0.717, 1.165) is 29.9 Å². The molecule has 0 bridgehead atoms. The zero-order valence-electron chi connectivity index (χ0n) is 13.3. The van der Waals surface area contributed by atoms with Gasteiger partial charge >= 0.3 is 5.97 Å². The van der Waals surface area contributed by atoms with E-state index in [0.29, 0.717) is 18.7 Å². The van der Waals surface area contributed by atoms with Gasteiger partial charge in [-0.1, -0.05) is 0 Å². The largest absolute Gasteiger partial charge is 0.481 e. The fourth-order valence-electron chi connectivity index (χ4n) is 3.13. The first-order valence-electron chi connectivity index (χ1n) is 7.78. The lowest BCUT2D eigenvalue weighted by Gasteiger charge is -2.31. The molecule has 122 valence electrons. The Kier molecular flexibility index (Phi) is 4.02. The monoisotopic (exact) mass is 316 g/mol. The molecule has 3 heterocycles. The molecule has 0 saturated carbocycles. The number of fused-ring (bicyclic) bond motifs is 1. The van der Waals surface area contributed by atoms with Gasteiger partial charge in [0.2, 0.25) is 0 Å². The number of aliphatic carboxylic acids is 1. The van der Waals surface area contributed by atoms with Crippen molar-refractivity contribution in [2.24, 2.45) is 5.92 Å². The number of carbonyl (C=O) groups excluding carboxylic acids is 1. The van der Waals surface area contributed by atoms with Gasteiger partial charge in [0.1, 0.15) is 0 Å². The summed E-state index contributed by atoms with van der Waals surface area (Å²) in [6.07, 6.45) is 3.25. The van der Waals surface area contributed by atoms with Crippen LogP contribution in [0.3, 0.4) is 0 Å². The normalized spacial score (nSPS) is 16.0. The van der Waals surface area contributed by atoms with E-state index < -0.39 is 5.97 Å². The Balaban J connectivity index is 1.76. The summed E-state index contributed by atoms with van der Waals surface area (Å²) in [7, 11) is 0. The van der Waals surface area contributed by atoms with Gasteiger partial charge in [0.15, 0.2) is 5.65 Å². The predicted molar refractivity (Wildman–Crippen MR) is 83.3 cm³/mol. The van der Waals surface area contributed by atoms with Crippen molar-refractivity contribution >= 4 is 17.5 Å².